The van der Waals surface area contributed by atoms with E-state index in [1.165, 1.54) is 10.6 Å². The number of aromatic amines is 1. The van der Waals surface area contributed by atoms with Crippen LogP contribution < -0.4 is 4.90 Å². The molecule has 13 heteroatoms. The van der Waals surface area contributed by atoms with Gasteiger partial charge in [-0.3, -0.25) is 4.40 Å². The van der Waals surface area contributed by atoms with Crippen LogP contribution in [-0.4, -0.2) is 57.5 Å². The number of hydrogen-bond donors (Lipinski definition) is 1. The van der Waals surface area contributed by atoms with E-state index in [1.807, 2.05) is 0 Å². The van der Waals surface area contributed by atoms with Crippen LogP contribution >= 0.6 is 0 Å². The van der Waals surface area contributed by atoms with Crippen LogP contribution in [0.4, 0.5) is 19.0 Å². The van der Waals surface area contributed by atoms with Gasteiger partial charge in [0, 0.05) is 30.9 Å². The van der Waals surface area contributed by atoms with Crippen molar-refractivity contribution in [1.29, 1.82) is 0 Å². The molecule has 1 aliphatic rings. The van der Waals surface area contributed by atoms with Gasteiger partial charge in [-0.1, -0.05) is 5.21 Å². The monoisotopic (exact) mass is 430 g/mol. The van der Waals surface area contributed by atoms with Gasteiger partial charge < -0.3 is 4.90 Å². The summed E-state index contributed by atoms with van der Waals surface area (Å²) in [6.07, 6.45) is 2.30. The number of aromatic nitrogens is 9. The standard InChI is InChI=1S/C18H17F3N10/c1-10-11(16-26-28-29-27-16)3-2-6-30(10)14-4-5-22-17(25-14)12-7-24-15-8-23-13(9-31(12)15)18(19,20)21/h4-5,7-11H,2-3,6H2,1H3,(H,26,27,28,29). The molecule has 0 aromatic carbocycles. The van der Waals surface area contributed by atoms with Gasteiger partial charge in [-0.05, 0) is 25.8 Å². The lowest BCUT2D eigenvalue weighted by Crippen LogP contribution is -2.43. The lowest BCUT2D eigenvalue weighted by atomic mass is 9.89. The number of hydrogen-bond acceptors (Lipinski definition) is 8. The number of nitrogens with one attached hydrogen (secondary N) is 1. The number of alkyl halides is 3. The highest BCUT2D eigenvalue weighted by Gasteiger charge is 2.34. The summed E-state index contributed by atoms with van der Waals surface area (Å²) in [6.45, 7) is 2.85. The smallest absolute Gasteiger partial charge is 0.353 e. The number of imidazole rings is 1. The SMILES string of the molecule is CC1C(c2nn[nH]n2)CCCN1c1ccnc(-c2cnc3cnc(C(F)(F)F)cn23)n1. The number of fused-ring (bicyclic) bond motifs is 1. The van der Waals surface area contributed by atoms with Crippen molar-refractivity contribution in [2.45, 2.75) is 37.9 Å². The molecule has 0 spiro atoms. The van der Waals surface area contributed by atoms with Crippen molar-refractivity contribution in [3.63, 3.8) is 0 Å². The van der Waals surface area contributed by atoms with Crippen molar-refractivity contribution in [3.05, 3.63) is 42.4 Å². The molecule has 0 aliphatic carbocycles. The highest BCUT2D eigenvalue weighted by Crippen LogP contribution is 2.33. The molecular formula is C18H17F3N10. The molecule has 1 aliphatic heterocycles. The summed E-state index contributed by atoms with van der Waals surface area (Å²) < 4.78 is 40.6. The molecule has 160 valence electrons. The van der Waals surface area contributed by atoms with Crippen molar-refractivity contribution in [1.82, 2.24) is 45.0 Å². The fourth-order valence-electron chi connectivity index (χ4n) is 3.97. The molecule has 0 bridgehead atoms. The first-order valence-electron chi connectivity index (χ1n) is 9.65. The number of rotatable bonds is 3. The van der Waals surface area contributed by atoms with Crippen molar-refractivity contribution >= 4 is 11.5 Å². The fourth-order valence-corrected chi connectivity index (χ4v) is 3.97. The van der Waals surface area contributed by atoms with Gasteiger partial charge in [-0.2, -0.15) is 18.4 Å². The van der Waals surface area contributed by atoms with E-state index in [9.17, 15) is 13.2 Å². The average Bonchev–Trinajstić information content (AvgIpc) is 3.43. The molecule has 1 saturated heterocycles. The third kappa shape index (κ3) is 3.45. The summed E-state index contributed by atoms with van der Waals surface area (Å²) in [5.74, 6) is 1.69. The Morgan fingerprint density at radius 2 is 2.03 bits per heavy atom. The minimum atomic E-state index is -4.56. The Morgan fingerprint density at radius 1 is 1.16 bits per heavy atom. The van der Waals surface area contributed by atoms with E-state index >= 15 is 0 Å². The molecule has 0 saturated carbocycles. The molecule has 1 N–H and O–H groups in total. The molecule has 2 unspecified atom stereocenters. The number of piperidine rings is 1. The van der Waals surface area contributed by atoms with Crippen LogP contribution in [0.15, 0.2) is 30.9 Å². The molecule has 4 aromatic heterocycles. The second-order valence-electron chi connectivity index (χ2n) is 7.33. The summed E-state index contributed by atoms with van der Waals surface area (Å²) in [5, 5.41) is 14.4. The zero-order chi connectivity index (χ0) is 21.6. The fraction of sp³-hybridized carbons (Fsp3) is 0.389. The molecule has 5 heterocycles. The molecule has 0 radical (unpaired) electrons. The number of nitrogens with zero attached hydrogens (tertiary/aromatic N) is 9. The number of tetrazole rings is 1. The highest BCUT2D eigenvalue weighted by atomic mass is 19.4. The van der Waals surface area contributed by atoms with E-state index in [0.717, 1.165) is 31.8 Å². The number of anilines is 1. The van der Waals surface area contributed by atoms with E-state index in [-0.39, 0.29) is 23.4 Å². The third-order valence-electron chi connectivity index (χ3n) is 5.53. The first-order chi connectivity index (χ1) is 14.9. The van der Waals surface area contributed by atoms with Crippen molar-refractivity contribution in [3.8, 4) is 11.5 Å². The Labute approximate surface area is 173 Å². The molecule has 2 atom stereocenters. The molecule has 31 heavy (non-hydrogen) atoms. The summed E-state index contributed by atoms with van der Waals surface area (Å²) >= 11 is 0. The van der Waals surface area contributed by atoms with E-state index < -0.39 is 11.9 Å². The maximum atomic E-state index is 13.1. The molecule has 1 fully saturated rings. The van der Waals surface area contributed by atoms with Gasteiger partial charge >= 0.3 is 6.18 Å². The van der Waals surface area contributed by atoms with Crippen LogP contribution in [0.25, 0.3) is 17.2 Å². The van der Waals surface area contributed by atoms with Crippen LogP contribution in [0.5, 0.6) is 0 Å². The summed E-state index contributed by atoms with van der Waals surface area (Å²) in [7, 11) is 0. The minimum Gasteiger partial charge on any atom is -0.353 e. The molecule has 10 nitrogen and oxygen atoms in total. The Hall–Kier alpha value is -3.64. The van der Waals surface area contributed by atoms with E-state index in [4.69, 9.17) is 0 Å². The van der Waals surface area contributed by atoms with Gasteiger partial charge in [-0.15, -0.1) is 10.2 Å². The Balaban J connectivity index is 1.51. The zero-order valence-electron chi connectivity index (χ0n) is 16.3. The first-order valence-corrected chi connectivity index (χ1v) is 9.65. The van der Waals surface area contributed by atoms with Gasteiger partial charge in [-0.25, -0.2) is 19.9 Å². The van der Waals surface area contributed by atoms with E-state index in [0.29, 0.717) is 17.3 Å². The Kier molecular flexibility index (Phi) is 4.52. The first kappa shape index (κ1) is 19.3. The second kappa shape index (κ2) is 7.25. The number of halogens is 3. The van der Waals surface area contributed by atoms with Gasteiger partial charge in [0.1, 0.15) is 11.5 Å². The summed E-state index contributed by atoms with van der Waals surface area (Å²) in [6, 6.07) is 1.84. The second-order valence-corrected chi connectivity index (χ2v) is 7.33. The number of H-pyrrole nitrogens is 1. The van der Waals surface area contributed by atoms with Crippen LogP contribution in [0, 0.1) is 0 Å². The van der Waals surface area contributed by atoms with Crippen molar-refractivity contribution in [2.24, 2.45) is 0 Å². The topological polar surface area (TPSA) is 114 Å². The molecule has 5 rings (SSSR count). The quantitative estimate of drug-likeness (QED) is 0.527. The summed E-state index contributed by atoms with van der Waals surface area (Å²) in [5.41, 5.74) is -0.382. The summed E-state index contributed by atoms with van der Waals surface area (Å²) in [4.78, 5) is 18.6. The van der Waals surface area contributed by atoms with Crippen LogP contribution in [0.2, 0.25) is 0 Å². The predicted octanol–water partition coefficient (Wildman–Crippen LogP) is 2.49. The van der Waals surface area contributed by atoms with Crippen LogP contribution in [-0.2, 0) is 6.18 Å². The largest absolute Gasteiger partial charge is 0.434 e. The van der Waals surface area contributed by atoms with Crippen LogP contribution in [0.3, 0.4) is 0 Å². The lowest BCUT2D eigenvalue weighted by Gasteiger charge is -2.38. The average molecular weight is 430 g/mol. The maximum absolute atomic E-state index is 13.1. The predicted molar refractivity (Wildman–Crippen MR) is 102 cm³/mol. The van der Waals surface area contributed by atoms with Gasteiger partial charge in [0.25, 0.3) is 0 Å². The zero-order valence-corrected chi connectivity index (χ0v) is 16.3. The van der Waals surface area contributed by atoms with Crippen molar-refractivity contribution < 1.29 is 13.2 Å². The van der Waals surface area contributed by atoms with Crippen LogP contribution in [0.1, 0.15) is 37.2 Å². The van der Waals surface area contributed by atoms with Gasteiger partial charge in [0.2, 0.25) is 0 Å². The van der Waals surface area contributed by atoms with Gasteiger partial charge in [0.05, 0.1) is 12.4 Å². The van der Waals surface area contributed by atoms with Gasteiger partial charge in [0.15, 0.2) is 23.0 Å². The Bertz CT molecular complexity index is 1200. The molecular weight excluding hydrogens is 413 g/mol. The highest BCUT2D eigenvalue weighted by molar-refractivity contribution is 5.58. The maximum Gasteiger partial charge on any atom is 0.434 e. The molecule has 0 amide bonds. The third-order valence-corrected chi connectivity index (χ3v) is 5.53. The normalized spacial score (nSPS) is 19.8. The lowest BCUT2D eigenvalue weighted by molar-refractivity contribution is -0.141. The van der Waals surface area contributed by atoms with Crippen molar-refractivity contribution in [2.75, 3.05) is 11.4 Å². The minimum absolute atomic E-state index is 0.0531. The molecule has 4 aromatic rings. The van der Waals surface area contributed by atoms with E-state index in [2.05, 4.69) is 52.4 Å². The van der Waals surface area contributed by atoms with E-state index in [1.54, 1.807) is 12.3 Å². The Morgan fingerprint density at radius 3 is 2.81 bits per heavy atom.